The topological polar surface area (TPSA) is 83.8 Å². The maximum atomic E-state index is 9.35. The van der Waals surface area contributed by atoms with E-state index in [4.69, 9.17) is 32.3 Å². The van der Waals surface area contributed by atoms with Gasteiger partial charge in [-0.1, -0.05) is 41.4 Å². The number of hydrogen-bond acceptors (Lipinski definition) is 3. The molecule has 0 aliphatic heterocycles. The van der Waals surface area contributed by atoms with Crippen LogP contribution in [0.4, 0.5) is 0 Å². The van der Waals surface area contributed by atoms with Crippen molar-refractivity contribution < 1.29 is 21.2 Å². The Kier molecular flexibility index (Phi) is 7.62. The van der Waals surface area contributed by atoms with Crippen molar-refractivity contribution in [3.63, 3.8) is 0 Å². The number of alkyl halides is 2. The molecule has 0 fully saturated rings. The lowest BCUT2D eigenvalue weighted by Gasteiger charge is -2.13. The summed E-state index contributed by atoms with van der Waals surface area (Å²) in [4.78, 5) is 0. The quantitative estimate of drug-likeness (QED) is 0.601. The van der Waals surface area contributed by atoms with Crippen LogP contribution in [-0.4, -0.2) is 21.9 Å². The molecule has 15 heavy (non-hydrogen) atoms. The lowest BCUT2D eigenvalue weighted by atomic mass is 10.2. The highest BCUT2D eigenvalue weighted by atomic mass is 35.5. The molecule has 0 spiro atoms. The van der Waals surface area contributed by atoms with Gasteiger partial charge in [-0.2, -0.15) is 8.42 Å². The Hall–Kier alpha value is 0.240. The first-order valence-electron chi connectivity index (χ1n) is 3.46. The molecule has 1 aliphatic carbocycles. The highest BCUT2D eigenvalue weighted by molar-refractivity contribution is 7.87. The van der Waals surface area contributed by atoms with Crippen LogP contribution in [0.25, 0.3) is 0 Å². The fraction of sp³-hybridized carbons (Fsp3) is 0.333. The summed E-state index contributed by atoms with van der Waals surface area (Å²) in [6.45, 7) is 0. The van der Waals surface area contributed by atoms with Gasteiger partial charge in [0.25, 0.3) is 0 Å². The smallest absolute Gasteiger partial charge is 0.283 e. The third-order valence-corrected chi connectivity index (χ3v) is 2.59. The predicted octanol–water partition coefficient (Wildman–Crippen LogP) is 1.95. The normalized spacial score (nSPS) is 21.3. The number of rotatable bonds is 2. The van der Waals surface area contributed by atoms with Crippen LogP contribution in [0.15, 0.2) is 24.3 Å². The van der Waals surface area contributed by atoms with Crippen molar-refractivity contribution in [3.8, 4) is 0 Å². The number of hydrogen-bond donors (Lipinski definition) is 2. The van der Waals surface area contributed by atoms with Crippen LogP contribution in [0.5, 0.6) is 0 Å². The lowest BCUT2D eigenvalue weighted by molar-refractivity contribution is 0.427. The molecule has 9 heteroatoms. The standard InChI is InChI=1S/C6H6Cl2.H2O5S2/c7-6(8)4-2-1-3-5-6;1-6(2)5-7(3)4/h1-4H,5H2;(H,1,2)(H,3,4). The average molecular weight is 295 g/mol. The first-order chi connectivity index (χ1) is 6.83. The van der Waals surface area contributed by atoms with Gasteiger partial charge in [0.1, 0.15) is 4.33 Å². The molecule has 0 saturated heterocycles. The molecule has 0 saturated carbocycles. The van der Waals surface area contributed by atoms with Crippen molar-refractivity contribution in [3.05, 3.63) is 24.3 Å². The van der Waals surface area contributed by atoms with Crippen molar-refractivity contribution in [1.82, 2.24) is 0 Å². The third kappa shape index (κ3) is 10.5. The fourth-order valence-electron chi connectivity index (χ4n) is 0.618. The molecule has 0 radical (unpaired) electrons. The first kappa shape index (κ1) is 15.2. The summed E-state index contributed by atoms with van der Waals surface area (Å²) in [5, 5.41) is 0. The van der Waals surface area contributed by atoms with E-state index in [0.717, 1.165) is 0 Å². The Labute approximate surface area is 102 Å². The van der Waals surface area contributed by atoms with Crippen LogP contribution in [0, 0.1) is 0 Å². The maximum absolute atomic E-state index is 9.35. The number of allylic oxidation sites excluding steroid dienone is 4. The van der Waals surface area contributed by atoms with E-state index in [1.807, 2.05) is 18.2 Å². The van der Waals surface area contributed by atoms with Gasteiger partial charge in [-0.3, -0.25) is 9.11 Å². The summed E-state index contributed by atoms with van der Waals surface area (Å²) in [6, 6.07) is 0. The van der Waals surface area contributed by atoms with Gasteiger partial charge in [0.15, 0.2) is 0 Å². The molecule has 0 heterocycles. The second-order valence-corrected chi connectivity index (χ2v) is 5.21. The lowest BCUT2D eigenvalue weighted by Crippen LogP contribution is -2.07. The Balaban J connectivity index is 0.000000265. The van der Waals surface area contributed by atoms with Gasteiger partial charge in [-0.15, -0.1) is 3.63 Å². The largest absolute Gasteiger partial charge is 0.317 e. The van der Waals surface area contributed by atoms with E-state index in [1.165, 1.54) is 0 Å². The van der Waals surface area contributed by atoms with E-state index in [-0.39, 0.29) is 0 Å². The van der Waals surface area contributed by atoms with Crippen molar-refractivity contribution >= 4 is 45.9 Å². The van der Waals surface area contributed by atoms with Gasteiger partial charge in [0.05, 0.1) is 0 Å². The first-order valence-corrected chi connectivity index (χ1v) is 6.28. The molecule has 0 aromatic heterocycles. The molecule has 1 rings (SSSR count). The zero-order chi connectivity index (χ0) is 11.9. The monoisotopic (exact) mass is 294 g/mol. The third-order valence-electron chi connectivity index (χ3n) is 1.09. The SMILES string of the molecule is ClC1(Cl)C=CC=CC1.O=S(O)OS(=O)O. The Morgan fingerprint density at radius 2 is 1.73 bits per heavy atom. The van der Waals surface area contributed by atoms with E-state index in [0.29, 0.717) is 6.42 Å². The van der Waals surface area contributed by atoms with E-state index in [2.05, 4.69) is 3.63 Å². The van der Waals surface area contributed by atoms with Gasteiger partial charge < -0.3 is 0 Å². The van der Waals surface area contributed by atoms with Gasteiger partial charge in [0.2, 0.25) is 0 Å². The predicted molar refractivity (Wildman–Crippen MR) is 60.0 cm³/mol. The second-order valence-electron chi connectivity index (χ2n) is 2.25. The van der Waals surface area contributed by atoms with Gasteiger partial charge in [-0.25, -0.2) is 0 Å². The highest BCUT2D eigenvalue weighted by Crippen LogP contribution is 2.29. The van der Waals surface area contributed by atoms with Crippen molar-refractivity contribution in [2.75, 3.05) is 0 Å². The minimum absolute atomic E-state index is 0.644. The highest BCUT2D eigenvalue weighted by Gasteiger charge is 2.18. The Bertz CT molecular complexity index is 290. The molecular formula is C6H8Cl2O5S2. The maximum Gasteiger partial charge on any atom is 0.317 e. The second kappa shape index (κ2) is 7.50. The summed E-state index contributed by atoms with van der Waals surface area (Å²) in [5.74, 6) is 0. The molecule has 2 N–H and O–H groups in total. The molecule has 88 valence electrons. The average Bonchev–Trinajstić information content (AvgIpc) is 2.01. The molecule has 0 bridgehead atoms. The van der Waals surface area contributed by atoms with Gasteiger partial charge in [-0.05, 0) is 6.08 Å². The molecule has 0 atom stereocenters. The fourth-order valence-corrected chi connectivity index (χ4v) is 1.34. The van der Waals surface area contributed by atoms with Crippen LogP contribution in [0.3, 0.4) is 0 Å². The molecule has 0 amide bonds. The molecule has 1 aliphatic rings. The molecule has 0 unspecified atom stereocenters. The van der Waals surface area contributed by atoms with E-state index in [1.54, 1.807) is 6.08 Å². The van der Waals surface area contributed by atoms with Crippen LogP contribution >= 0.6 is 23.2 Å². The summed E-state index contributed by atoms with van der Waals surface area (Å²) < 4.78 is 36.6. The van der Waals surface area contributed by atoms with Crippen molar-refractivity contribution in [2.45, 2.75) is 10.8 Å². The van der Waals surface area contributed by atoms with Crippen LogP contribution in [-0.2, 0) is 26.4 Å². The van der Waals surface area contributed by atoms with Gasteiger partial charge >= 0.3 is 22.7 Å². The number of halogens is 2. The van der Waals surface area contributed by atoms with E-state index < -0.39 is 27.1 Å². The summed E-state index contributed by atoms with van der Waals surface area (Å²) in [6.07, 6.45) is 8.22. The Morgan fingerprint density at radius 3 is 1.87 bits per heavy atom. The van der Waals surface area contributed by atoms with Crippen LogP contribution < -0.4 is 0 Å². The van der Waals surface area contributed by atoms with Gasteiger partial charge in [0, 0.05) is 6.42 Å². The minimum Gasteiger partial charge on any atom is -0.283 e. The molecule has 5 nitrogen and oxygen atoms in total. The molecule has 0 aromatic carbocycles. The van der Waals surface area contributed by atoms with E-state index in [9.17, 15) is 8.42 Å². The minimum atomic E-state index is -2.65. The zero-order valence-electron chi connectivity index (χ0n) is 7.21. The Morgan fingerprint density at radius 1 is 1.20 bits per heavy atom. The summed E-state index contributed by atoms with van der Waals surface area (Å²) in [5.41, 5.74) is 0. The van der Waals surface area contributed by atoms with Crippen molar-refractivity contribution in [1.29, 1.82) is 0 Å². The molecular weight excluding hydrogens is 287 g/mol. The summed E-state index contributed by atoms with van der Waals surface area (Å²) >= 11 is 6.11. The van der Waals surface area contributed by atoms with E-state index >= 15 is 0 Å². The zero-order valence-corrected chi connectivity index (χ0v) is 10.4. The van der Waals surface area contributed by atoms with Crippen LogP contribution in [0.1, 0.15) is 6.42 Å². The molecule has 0 aromatic rings. The van der Waals surface area contributed by atoms with Crippen molar-refractivity contribution in [2.24, 2.45) is 0 Å². The van der Waals surface area contributed by atoms with Crippen LogP contribution in [0.2, 0.25) is 0 Å². The summed E-state index contributed by atoms with van der Waals surface area (Å²) in [7, 11) is 0.